The molecule has 1 fully saturated rings. The summed E-state index contributed by atoms with van der Waals surface area (Å²) in [5.41, 5.74) is -0.189. The second kappa shape index (κ2) is 7.66. The van der Waals surface area contributed by atoms with Crippen LogP contribution in [0.25, 0.3) is 0 Å². The van der Waals surface area contributed by atoms with Crippen molar-refractivity contribution in [1.82, 2.24) is 10.2 Å². The van der Waals surface area contributed by atoms with Gasteiger partial charge in [-0.2, -0.15) is 13.2 Å². The molecule has 0 unspecified atom stereocenters. The van der Waals surface area contributed by atoms with Gasteiger partial charge in [0.15, 0.2) is 0 Å². The summed E-state index contributed by atoms with van der Waals surface area (Å²) in [4.78, 5) is 3.09. The Bertz CT molecular complexity index is 610. The molecule has 126 valence electrons. The van der Waals surface area contributed by atoms with Crippen molar-refractivity contribution in [1.29, 1.82) is 0 Å². The lowest BCUT2D eigenvalue weighted by atomic mass is 9.96. The maximum atomic E-state index is 13.4. The van der Waals surface area contributed by atoms with Crippen molar-refractivity contribution in [3.8, 4) is 0 Å². The minimum atomic E-state index is -4.33. The van der Waals surface area contributed by atoms with E-state index >= 15 is 0 Å². The van der Waals surface area contributed by atoms with Crippen LogP contribution in [0.4, 0.5) is 13.2 Å². The lowest BCUT2D eigenvalue weighted by molar-refractivity contribution is -0.138. The van der Waals surface area contributed by atoms with Crippen molar-refractivity contribution in [2.24, 2.45) is 0 Å². The van der Waals surface area contributed by atoms with Gasteiger partial charge in [-0.1, -0.05) is 24.3 Å². The number of nitrogens with one attached hydrogen (secondary N) is 1. The van der Waals surface area contributed by atoms with Crippen LogP contribution in [0, 0.1) is 0 Å². The van der Waals surface area contributed by atoms with Gasteiger partial charge in [0.2, 0.25) is 0 Å². The minimum absolute atomic E-state index is 0. The summed E-state index contributed by atoms with van der Waals surface area (Å²) in [5.74, 6) is 0. The van der Waals surface area contributed by atoms with Gasteiger partial charge in [-0.05, 0) is 23.1 Å². The fourth-order valence-corrected chi connectivity index (χ4v) is 3.79. The van der Waals surface area contributed by atoms with Crippen LogP contribution in [-0.2, 0) is 6.18 Å². The third kappa shape index (κ3) is 4.07. The number of alkyl halides is 3. The molecule has 1 saturated heterocycles. The number of rotatable bonds is 3. The first-order chi connectivity index (χ1) is 10.6. The quantitative estimate of drug-likeness (QED) is 0.881. The van der Waals surface area contributed by atoms with Gasteiger partial charge in [-0.15, -0.1) is 23.7 Å². The van der Waals surface area contributed by atoms with E-state index < -0.39 is 11.7 Å². The first-order valence-corrected chi connectivity index (χ1v) is 8.09. The molecule has 2 aromatic rings. The number of nitrogens with zero attached hydrogens (tertiary/aromatic N) is 1. The van der Waals surface area contributed by atoms with E-state index in [0.29, 0.717) is 5.56 Å². The molecule has 1 aromatic heterocycles. The van der Waals surface area contributed by atoms with E-state index in [-0.39, 0.29) is 18.4 Å². The summed E-state index contributed by atoms with van der Waals surface area (Å²) in [6, 6.07) is 9.41. The SMILES string of the molecule is Cl.FC(F)(F)c1ccccc1[C@H](c1cccs1)N1CCNCC1. The van der Waals surface area contributed by atoms with Crippen LogP contribution >= 0.6 is 23.7 Å². The van der Waals surface area contributed by atoms with Gasteiger partial charge in [-0.3, -0.25) is 4.90 Å². The van der Waals surface area contributed by atoms with Crippen molar-refractivity contribution in [3.63, 3.8) is 0 Å². The van der Waals surface area contributed by atoms with E-state index in [4.69, 9.17) is 0 Å². The highest BCUT2D eigenvalue weighted by Gasteiger charge is 2.37. The molecular formula is C16H18ClF3N2S. The Morgan fingerprint density at radius 3 is 2.35 bits per heavy atom. The van der Waals surface area contributed by atoms with Crippen LogP contribution in [0.1, 0.15) is 22.0 Å². The molecule has 7 heteroatoms. The molecule has 2 nitrogen and oxygen atoms in total. The minimum Gasteiger partial charge on any atom is -0.314 e. The third-order valence-corrected chi connectivity index (χ3v) is 4.81. The molecule has 2 heterocycles. The lowest BCUT2D eigenvalue weighted by Gasteiger charge is -2.35. The van der Waals surface area contributed by atoms with E-state index in [1.807, 2.05) is 17.5 Å². The van der Waals surface area contributed by atoms with E-state index in [9.17, 15) is 13.2 Å². The zero-order valence-electron chi connectivity index (χ0n) is 12.3. The Balaban J connectivity index is 0.00000192. The maximum absolute atomic E-state index is 13.4. The van der Waals surface area contributed by atoms with Gasteiger partial charge in [0, 0.05) is 31.1 Å². The van der Waals surface area contributed by atoms with Crippen molar-refractivity contribution < 1.29 is 13.2 Å². The molecule has 0 aliphatic carbocycles. The van der Waals surface area contributed by atoms with Crippen molar-refractivity contribution in [3.05, 3.63) is 57.8 Å². The van der Waals surface area contributed by atoms with Gasteiger partial charge in [0.05, 0.1) is 11.6 Å². The monoisotopic (exact) mass is 362 g/mol. The second-order valence-electron chi connectivity index (χ2n) is 5.29. The van der Waals surface area contributed by atoms with E-state index in [2.05, 4.69) is 10.2 Å². The highest BCUT2D eigenvalue weighted by molar-refractivity contribution is 7.10. The van der Waals surface area contributed by atoms with Crippen LogP contribution in [-0.4, -0.2) is 31.1 Å². The van der Waals surface area contributed by atoms with Gasteiger partial charge >= 0.3 is 6.18 Å². The molecule has 0 bridgehead atoms. The molecule has 1 aromatic carbocycles. The zero-order valence-corrected chi connectivity index (χ0v) is 14.0. The predicted molar refractivity (Wildman–Crippen MR) is 89.3 cm³/mol. The molecule has 1 aliphatic rings. The number of halogens is 4. The number of hydrogen-bond donors (Lipinski definition) is 1. The number of hydrogen-bond acceptors (Lipinski definition) is 3. The molecule has 1 aliphatic heterocycles. The molecule has 0 radical (unpaired) electrons. The number of piperazine rings is 1. The molecule has 23 heavy (non-hydrogen) atoms. The Morgan fingerprint density at radius 2 is 1.74 bits per heavy atom. The highest BCUT2D eigenvalue weighted by Crippen LogP contribution is 2.40. The summed E-state index contributed by atoms with van der Waals surface area (Å²) in [7, 11) is 0. The Hall–Kier alpha value is -1.08. The number of benzene rings is 1. The largest absolute Gasteiger partial charge is 0.416 e. The van der Waals surface area contributed by atoms with E-state index in [0.717, 1.165) is 31.1 Å². The van der Waals surface area contributed by atoms with Crippen LogP contribution in [0.2, 0.25) is 0 Å². The summed E-state index contributed by atoms with van der Waals surface area (Å²) in [5, 5.41) is 5.17. The summed E-state index contributed by atoms with van der Waals surface area (Å²) < 4.78 is 40.2. The number of thiophene rings is 1. The summed E-state index contributed by atoms with van der Waals surface area (Å²) in [6.07, 6.45) is -4.33. The van der Waals surface area contributed by atoms with Crippen molar-refractivity contribution in [2.75, 3.05) is 26.2 Å². The van der Waals surface area contributed by atoms with Gasteiger partial charge in [0.25, 0.3) is 0 Å². The average molecular weight is 363 g/mol. The Labute approximate surface area is 143 Å². The van der Waals surface area contributed by atoms with Crippen LogP contribution in [0.5, 0.6) is 0 Å². The highest BCUT2D eigenvalue weighted by atomic mass is 35.5. The predicted octanol–water partition coefficient (Wildman–Crippen LogP) is 4.18. The summed E-state index contributed by atoms with van der Waals surface area (Å²) >= 11 is 1.51. The fourth-order valence-electron chi connectivity index (χ4n) is 2.91. The van der Waals surface area contributed by atoms with Crippen LogP contribution in [0.3, 0.4) is 0 Å². The second-order valence-corrected chi connectivity index (χ2v) is 6.27. The first kappa shape index (κ1) is 18.3. The normalized spacial score (nSPS) is 17.5. The van der Waals surface area contributed by atoms with Crippen LogP contribution in [0.15, 0.2) is 41.8 Å². The summed E-state index contributed by atoms with van der Waals surface area (Å²) in [6.45, 7) is 3.09. The molecule has 0 saturated carbocycles. The van der Waals surface area contributed by atoms with Gasteiger partial charge in [-0.25, -0.2) is 0 Å². The van der Waals surface area contributed by atoms with Crippen LogP contribution < -0.4 is 5.32 Å². The van der Waals surface area contributed by atoms with E-state index in [1.54, 1.807) is 12.1 Å². The molecule has 1 N–H and O–H groups in total. The topological polar surface area (TPSA) is 15.3 Å². The third-order valence-electron chi connectivity index (χ3n) is 3.89. The zero-order chi connectivity index (χ0) is 15.6. The molecule has 0 amide bonds. The van der Waals surface area contributed by atoms with Crippen molar-refractivity contribution >= 4 is 23.7 Å². The molecule has 0 spiro atoms. The smallest absolute Gasteiger partial charge is 0.314 e. The Morgan fingerprint density at radius 1 is 1.04 bits per heavy atom. The van der Waals surface area contributed by atoms with Gasteiger partial charge < -0.3 is 5.32 Å². The van der Waals surface area contributed by atoms with Crippen molar-refractivity contribution in [2.45, 2.75) is 12.2 Å². The molecular weight excluding hydrogens is 345 g/mol. The average Bonchev–Trinajstić information content (AvgIpc) is 3.02. The Kier molecular flexibility index (Phi) is 6.08. The van der Waals surface area contributed by atoms with Gasteiger partial charge in [0.1, 0.15) is 0 Å². The first-order valence-electron chi connectivity index (χ1n) is 7.21. The standard InChI is InChI=1S/C16H17F3N2S.ClH/c17-16(18,19)13-5-2-1-4-12(13)15(14-6-3-11-22-14)21-9-7-20-8-10-21;/h1-6,11,15,20H,7-10H2;1H/t15-;/m1./s1. The lowest BCUT2D eigenvalue weighted by Crippen LogP contribution is -2.45. The van der Waals surface area contributed by atoms with E-state index in [1.165, 1.54) is 23.5 Å². The molecule has 1 atom stereocenters. The fraction of sp³-hybridized carbons (Fsp3) is 0.375. The molecule has 3 rings (SSSR count). The maximum Gasteiger partial charge on any atom is 0.416 e.